The Hall–Kier alpha value is -4.84. The van der Waals surface area contributed by atoms with Gasteiger partial charge in [-0.3, -0.25) is 0 Å². The predicted octanol–water partition coefficient (Wildman–Crippen LogP) is 6.84. The molecule has 4 aromatic carbocycles. The van der Waals surface area contributed by atoms with Crippen molar-refractivity contribution in [3.8, 4) is 23.0 Å². The Kier molecular flexibility index (Phi) is 6.70. The number of rotatable bonds is 8. The highest BCUT2D eigenvalue weighted by Crippen LogP contribution is 2.24. The topological polar surface area (TPSA) is 93.1 Å². The molecule has 0 aliphatic rings. The van der Waals surface area contributed by atoms with Gasteiger partial charge in [-0.05, 0) is 83.9 Å². The second-order valence-electron chi connectivity index (χ2n) is 7.33. The molecule has 0 heterocycles. The molecule has 0 atom stereocenters. The highest BCUT2D eigenvalue weighted by atomic mass is 16.5. The molecule has 2 N–H and O–H groups in total. The zero-order valence-electron chi connectivity index (χ0n) is 17.9. The highest BCUT2D eigenvalue weighted by Gasteiger charge is 2.04. The van der Waals surface area contributed by atoms with Crippen molar-refractivity contribution in [1.29, 1.82) is 0 Å². The van der Waals surface area contributed by atoms with Crippen LogP contribution in [0.4, 0.5) is 0 Å². The van der Waals surface area contributed by atoms with Gasteiger partial charge in [0, 0.05) is 0 Å². The van der Waals surface area contributed by atoms with Gasteiger partial charge in [-0.15, -0.1) is 0 Å². The van der Waals surface area contributed by atoms with Gasteiger partial charge in [0.2, 0.25) is 0 Å². The van der Waals surface area contributed by atoms with E-state index in [-0.39, 0.29) is 11.1 Å². The predicted molar refractivity (Wildman–Crippen MR) is 129 cm³/mol. The summed E-state index contributed by atoms with van der Waals surface area (Å²) in [5, 5.41) is 17.9. The van der Waals surface area contributed by atoms with Crippen molar-refractivity contribution >= 4 is 24.1 Å². The van der Waals surface area contributed by atoms with Crippen molar-refractivity contribution in [3.63, 3.8) is 0 Å². The summed E-state index contributed by atoms with van der Waals surface area (Å²) in [5.74, 6) is 0.479. The van der Waals surface area contributed by atoms with Crippen LogP contribution in [0.25, 0.3) is 12.2 Å². The highest BCUT2D eigenvalue weighted by molar-refractivity contribution is 5.88. The molecule has 4 aromatic rings. The Bertz CT molecular complexity index is 1200. The fourth-order valence-corrected chi connectivity index (χ4v) is 3.09. The lowest BCUT2D eigenvalue weighted by Crippen LogP contribution is -1.95. The summed E-state index contributed by atoms with van der Waals surface area (Å²) in [6.45, 7) is 0. The minimum Gasteiger partial charge on any atom is -0.478 e. The van der Waals surface area contributed by atoms with E-state index < -0.39 is 11.9 Å². The molecule has 0 amide bonds. The molecule has 6 nitrogen and oxygen atoms in total. The van der Waals surface area contributed by atoms with E-state index in [2.05, 4.69) is 0 Å². The summed E-state index contributed by atoms with van der Waals surface area (Å²) in [6.07, 6.45) is 3.96. The van der Waals surface area contributed by atoms with E-state index in [9.17, 15) is 9.59 Å². The minimum atomic E-state index is -0.975. The van der Waals surface area contributed by atoms with Crippen molar-refractivity contribution in [2.24, 2.45) is 0 Å². The molecular weight excluding hydrogens is 432 g/mol. The molecule has 0 spiro atoms. The first-order chi connectivity index (χ1) is 16.5. The maximum atomic E-state index is 10.9. The van der Waals surface area contributed by atoms with Gasteiger partial charge >= 0.3 is 11.9 Å². The molecule has 0 saturated heterocycles. The molecule has 34 heavy (non-hydrogen) atoms. The van der Waals surface area contributed by atoms with Crippen LogP contribution >= 0.6 is 0 Å². The zero-order valence-corrected chi connectivity index (χ0v) is 17.9. The third kappa shape index (κ3) is 5.89. The van der Waals surface area contributed by atoms with E-state index in [0.717, 1.165) is 11.1 Å². The number of carbonyl (C=O) groups is 2. The van der Waals surface area contributed by atoms with E-state index in [1.807, 2.05) is 60.7 Å². The van der Waals surface area contributed by atoms with Crippen molar-refractivity contribution in [3.05, 3.63) is 119 Å². The van der Waals surface area contributed by atoms with Gasteiger partial charge in [-0.2, -0.15) is 0 Å². The molecule has 0 saturated carbocycles. The van der Waals surface area contributed by atoms with Gasteiger partial charge in [0.25, 0.3) is 0 Å². The quantitative estimate of drug-likeness (QED) is 0.284. The van der Waals surface area contributed by atoms with Crippen LogP contribution in [0.2, 0.25) is 0 Å². The monoisotopic (exact) mass is 452 g/mol. The summed E-state index contributed by atoms with van der Waals surface area (Å²) in [4.78, 5) is 21.8. The molecule has 0 bridgehead atoms. The fraction of sp³-hybridized carbons (Fsp3) is 0. The second-order valence-corrected chi connectivity index (χ2v) is 7.33. The van der Waals surface area contributed by atoms with Crippen LogP contribution < -0.4 is 9.47 Å². The van der Waals surface area contributed by atoms with Crippen LogP contribution in [0, 0.1) is 0 Å². The average molecular weight is 452 g/mol. The van der Waals surface area contributed by atoms with E-state index in [1.165, 1.54) is 24.3 Å². The Morgan fingerprint density at radius 1 is 0.471 bits per heavy atom. The number of carboxylic acids is 2. The van der Waals surface area contributed by atoms with Gasteiger partial charge in [0.1, 0.15) is 23.0 Å². The molecule has 0 aromatic heterocycles. The summed E-state index contributed by atoms with van der Waals surface area (Å²) < 4.78 is 11.5. The number of hydrogen-bond donors (Lipinski definition) is 2. The van der Waals surface area contributed by atoms with Gasteiger partial charge in [-0.1, -0.05) is 36.4 Å². The van der Waals surface area contributed by atoms with Crippen LogP contribution in [-0.2, 0) is 0 Å². The largest absolute Gasteiger partial charge is 0.478 e. The van der Waals surface area contributed by atoms with Crippen molar-refractivity contribution in [1.82, 2.24) is 0 Å². The van der Waals surface area contributed by atoms with Crippen molar-refractivity contribution in [2.45, 2.75) is 0 Å². The Morgan fingerprint density at radius 2 is 0.735 bits per heavy atom. The summed E-state index contributed by atoms with van der Waals surface area (Å²) in [6, 6.07) is 27.6. The molecule has 0 aliphatic heterocycles. The first kappa shape index (κ1) is 22.4. The van der Waals surface area contributed by atoms with E-state index in [4.69, 9.17) is 19.7 Å². The lowest BCUT2D eigenvalue weighted by Gasteiger charge is -2.07. The molecular formula is C28H20O6. The SMILES string of the molecule is O=C(O)c1ccc(Oc2ccc(/C=C/c3ccc(Oc4ccc(C(=O)O)cc4)cc3)cc2)cc1. The zero-order chi connectivity index (χ0) is 23.9. The first-order valence-electron chi connectivity index (χ1n) is 10.4. The van der Waals surface area contributed by atoms with Crippen LogP contribution in [-0.4, -0.2) is 22.2 Å². The van der Waals surface area contributed by atoms with E-state index >= 15 is 0 Å². The molecule has 6 heteroatoms. The Balaban J connectivity index is 1.34. The first-order valence-corrected chi connectivity index (χ1v) is 10.4. The van der Waals surface area contributed by atoms with Gasteiger partial charge in [0.15, 0.2) is 0 Å². The van der Waals surface area contributed by atoms with Crippen LogP contribution in [0.15, 0.2) is 97.1 Å². The summed E-state index contributed by atoms with van der Waals surface area (Å²) in [7, 11) is 0. The van der Waals surface area contributed by atoms with Gasteiger partial charge < -0.3 is 19.7 Å². The number of benzene rings is 4. The van der Waals surface area contributed by atoms with Crippen LogP contribution in [0.1, 0.15) is 31.8 Å². The van der Waals surface area contributed by atoms with Gasteiger partial charge in [-0.25, -0.2) is 9.59 Å². The van der Waals surface area contributed by atoms with Gasteiger partial charge in [0.05, 0.1) is 11.1 Å². The van der Waals surface area contributed by atoms with Crippen molar-refractivity contribution < 1.29 is 29.3 Å². The number of ether oxygens (including phenoxy) is 2. The third-order valence-electron chi connectivity index (χ3n) is 4.90. The number of hydrogen-bond acceptors (Lipinski definition) is 4. The molecule has 0 radical (unpaired) electrons. The lowest BCUT2D eigenvalue weighted by atomic mass is 10.1. The maximum Gasteiger partial charge on any atom is 0.335 e. The molecule has 0 unspecified atom stereocenters. The smallest absolute Gasteiger partial charge is 0.335 e. The van der Waals surface area contributed by atoms with Crippen LogP contribution in [0.3, 0.4) is 0 Å². The third-order valence-corrected chi connectivity index (χ3v) is 4.90. The lowest BCUT2D eigenvalue weighted by molar-refractivity contribution is 0.0686. The normalized spacial score (nSPS) is 10.7. The number of carboxylic acid groups (broad SMARTS) is 2. The molecule has 0 fully saturated rings. The Morgan fingerprint density at radius 3 is 1.00 bits per heavy atom. The minimum absolute atomic E-state index is 0.210. The molecule has 4 rings (SSSR count). The molecule has 0 aliphatic carbocycles. The standard InChI is InChI=1S/C28H20O6/c29-27(30)21-7-15-25(16-8-21)33-23-11-3-19(4-12-23)1-2-20-5-13-24(14-6-20)34-26-17-9-22(10-18-26)28(31)32/h1-18H,(H,29,30)(H,31,32)/b2-1+. The second kappa shape index (κ2) is 10.2. The summed E-state index contributed by atoms with van der Waals surface area (Å²) >= 11 is 0. The van der Waals surface area contributed by atoms with Crippen molar-refractivity contribution in [2.75, 3.05) is 0 Å². The summed E-state index contributed by atoms with van der Waals surface area (Å²) in [5.41, 5.74) is 2.41. The fourth-order valence-electron chi connectivity index (χ4n) is 3.09. The maximum absolute atomic E-state index is 10.9. The molecule has 168 valence electrons. The Labute approximate surface area is 196 Å². The van der Waals surface area contributed by atoms with E-state index in [0.29, 0.717) is 23.0 Å². The van der Waals surface area contributed by atoms with Crippen LogP contribution in [0.5, 0.6) is 23.0 Å². The van der Waals surface area contributed by atoms with E-state index in [1.54, 1.807) is 24.3 Å². The number of aromatic carboxylic acids is 2. The average Bonchev–Trinajstić information content (AvgIpc) is 2.85.